The van der Waals surface area contributed by atoms with Gasteiger partial charge in [0.2, 0.25) is 0 Å². The smallest absolute Gasteiger partial charge is 0.139 e. The quantitative estimate of drug-likeness (QED) is 0.576. The lowest BCUT2D eigenvalue weighted by Crippen LogP contribution is -1.98. The van der Waals surface area contributed by atoms with Gasteiger partial charge in [0.25, 0.3) is 0 Å². The van der Waals surface area contributed by atoms with Crippen LogP contribution in [-0.4, -0.2) is 12.8 Å². The second kappa shape index (κ2) is 3.76. The van der Waals surface area contributed by atoms with E-state index in [1.165, 1.54) is 15.7 Å². The van der Waals surface area contributed by atoms with Crippen LogP contribution in [0.15, 0.2) is 48.5 Å². The molecule has 2 aromatic carbocycles. The molecule has 1 aromatic heterocycles. The first-order chi connectivity index (χ1) is 7.83. The molecule has 3 heteroatoms. The summed E-state index contributed by atoms with van der Waals surface area (Å²) < 4.78 is 1.26. The Labute approximate surface area is 99.2 Å². The molecule has 0 radical (unpaired) electrons. The maximum absolute atomic E-state index is 4.64. The van der Waals surface area contributed by atoms with E-state index in [0.29, 0.717) is 0 Å². The molecule has 16 heavy (non-hydrogen) atoms. The number of aromatic nitrogens is 1. The number of rotatable bonds is 1. The Balaban J connectivity index is 2.19. The molecule has 0 unspecified atom stereocenters. The van der Waals surface area contributed by atoms with E-state index in [1.807, 2.05) is 18.2 Å². The van der Waals surface area contributed by atoms with Gasteiger partial charge < -0.3 is 0 Å². The van der Waals surface area contributed by atoms with E-state index in [4.69, 9.17) is 0 Å². The van der Waals surface area contributed by atoms with E-state index < -0.39 is 0 Å². The first kappa shape index (κ1) is 9.61. The van der Waals surface area contributed by atoms with Crippen LogP contribution in [0.2, 0.25) is 0 Å². The number of nitrogens with zero attached hydrogens (tertiary/aromatic N) is 1. The highest BCUT2D eigenvalue weighted by molar-refractivity contribution is 7.21. The van der Waals surface area contributed by atoms with E-state index in [9.17, 15) is 0 Å². The molecule has 0 saturated heterocycles. The van der Waals surface area contributed by atoms with Crippen molar-refractivity contribution in [2.75, 3.05) is 0 Å². The summed E-state index contributed by atoms with van der Waals surface area (Å²) in [5.74, 6) is 0. The lowest BCUT2D eigenvalue weighted by molar-refractivity contribution is 1.48. The molecule has 0 amide bonds. The van der Waals surface area contributed by atoms with Crippen LogP contribution in [0, 0.1) is 0 Å². The van der Waals surface area contributed by atoms with Gasteiger partial charge in [0.15, 0.2) is 0 Å². The van der Waals surface area contributed by atoms with E-state index in [0.717, 1.165) is 10.5 Å². The summed E-state index contributed by atoms with van der Waals surface area (Å²) in [5.41, 5.74) is 3.58. The SMILES string of the molecule is Bc1ccc2nc(-c3ccccc3)sc2c1. The fourth-order valence-corrected chi connectivity index (χ4v) is 2.81. The van der Waals surface area contributed by atoms with E-state index in [-0.39, 0.29) is 0 Å². The molecule has 0 aliphatic heterocycles. The molecule has 3 rings (SSSR count). The number of thiazole rings is 1. The third-order valence-electron chi connectivity index (χ3n) is 2.56. The summed E-state index contributed by atoms with van der Waals surface area (Å²) in [5, 5.41) is 1.10. The van der Waals surface area contributed by atoms with Crippen LogP contribution in [-0.2, 0) is 0 Å². The molecule has 1 heterocycles. The third kappa shape index (κ3) is 1.63. The van der Waals surface area contributed by atoms with Gasteiger partial charge in [-0.1, -0.05) is 41.9 Å². The number of hydrogen-bond acceptors (Lipinski definition) is 2. The molecule has 1 nitrogen and oxygen atoms in total. The highest BCUT2D eigenvalue weighted by Crippen LogP contribution is 2.28. The average Bonchev–Trinajstić information content (AvgIpc) is 2.73. The normalized spacial score (nSPS) is 10.8. The fraction of sp³-hybridized carbons (Fsp3) is 0. The van der Waals surface area contributed by atoms with E-state index in [2.05, 4.69) is 43.2 Å². The van der Waals surface area contributed by atoms with Gasteiger partial charge in [0.05, 0.1) is 10.2 Å². The predicted molar refractivity (Wildman–Crippen MR) is 73.2 cm³/mol. The lowest BCUT2D eigenvalue weighted by atomic mass is 9.97. The summed E-state index contributed by atoms with van der Waals surface area (Å²) in [6, 6.07) is 16.7. The zero-order chi connectivity index (χ0) is 11.0. The first-order valence-corrected chi connectivity index (χ1v) is 6.07. The monoisotopic (exact) mass is 223 g/mol. The Morgan fingerprint density at radius 3 is 2.62 bits per heavy atom. The molecule has 3 aromatic rings. The van der Waals surface area contributed by atoms with Crippen LogP contribution >= 0.6 is 11.3 Å². The topological polar surface area (TPSA) is 12.9 Å². The van der Waals surface area contributed by atoms with Crippen molar-refractivity contribution in [1.29, 1.82) is 0 Å². The molecular weight excluding hydrogens is 213 g/mol. The molecule has 0 spiro atoms. The summed E-state index contributed by atoms with van der Waals surface area (Å²) in [7, 11) is 2.11. The van der Waals surface area contributed by atoms with Crippen LogP contribution in [0.3, 0.4) is 0 Å². The summed E-state index contributed by atoms with van der Waals surface area (Å²) >= 11 is 1.75. The molecule has 0 N–H and O–H groups in total. The minimum Gasteiger partial charge on any atom is -0.236 e. The maximum atomic E-state index is 4.64. The first-order valence-electron chi connectivity index (χ1n) is 5.25. The van der Waals surface area contributed by atoms with Crippen molar-refractivity contribution >= 4 is 34.9 Å². The molecule has 0 atom stereocenters. The summed E-state index contributed by atoms with van der Waals surface area (Å²) in [6.07, 6.45) is 0. The van der Waals surface area contributed by atoms with E-state index >= 15 is 0 Å². The van der Waals surface area contributed by atoms with Gasteiger partial charge in [0.1, 0.15) is 12.9 Å². The Kier molecular flexibility index (Phi) is 2.26. The fourth-order valence-electron chi connectivity index (χ4n) is 1.74. The maximum Gasteiger partial charge on any atom is 0.139 e. The molecule has 76 valence electrons. The zero-order valence-electron chi connectivity index (χ0n) is 8.97. The minimum atomic E-state index is 1.09. The number of benzene rings is 2. The highest BCUT2D eigenvalue weighted by Gasteiger charge is 2.05. The minimum absolute atomic E-state index is 1.09. The van der Waals surface area contributed by atoms with Crippen LogP contribution in [0.5, 0.6) is 0 Å². The van der Waals surface area contributed by atoms with Crippen molar-refractivity contribution in [3.05, 3.63) is 48.5 Å². The van der Waals surface area contributed by atoms with Gasteiger partial charge in [-0.3, -0.25) is 0 Å². The summed E-state index contributed by atoms with van der Waals surface area (Å²) in [4.78, 5) is 4.64. The Hall–Kier alpha value is -1.61. The van der Waals surface area contributed by atoms with Crippen LogP contribution < -0.4 is 5.46 Å². The lowest BCUT2D eigenvalue weighted by Gasteiger charge is -1.92. The largest absolute Gasteiger partial charge is 0.236 e. The van der Waals surface area contributed by atoms with E-state index in [1.54, 1.807) is 11.3 Å². The predicted octanol–water partition coefficient (Wildman–Crippen LogP) is 2.22. The Morgan fingerprint density at radius 1 is 1.00 bits per heavy atom. The van der Waals surface area contributed by atoms with Crippen LogP contribution in [0.4, 0.5) is 0 Å². The van der Waals surface area contributed by atoms with Crippen molar-refractivity contribution in [3.8, 4) is 10.6 Å². The number of hydrogen-bond donors (Lipinski definition) is 0. The molecule has 0 fully saturated rings. The second-order valence-corrected chi connectivity index (χ2v) is 4.89. The van der Waals surface area contributed by atoms with Gasteiger partial charge in [-0.15, -0.1) is 11.3 Å². The Morgan fingerprint density at radius 2 is 1.81 bits per heavy atom. The zero-order valence-corrected chi connectivity index (χ0v) is 9.79. The van der Waals surface area contributed by atoms with Crippen molar-refractivity contribution in [2.45, 2.75) is 0 Å². The van der Waals surface area contributed by atoms with Crippen molar-refractivity contribution in [3.63, 3.8) is 0 Å². The second-order valence-electron chi connectivity index (χ2n) is 3.86. The Bertz CT molecular complexity index is 631. The summed E-state index contributed by atoms with van der Waals surface area (Å²) in [6.45, 7) is 0. The molecule has 0 aliphatic carbocycles. The highest BCUT2D eigenvalue weighted by atomic mass is 32.1. The molecule has 0 bridgehead atoms. The van der Waals surface area contributed by atoms with Crippen LogP contribution in [0.1, 0.15) is 0 Å². The standard InChI is InChI=1S/C13H10BNS/c14-10-6-7-11-12(8-10)16-13(15-11)9-4-2-1-3-5-9/h1-8H,14H2. The number of fused-ring (bicyclic) bond motifs is 1. The van der Waals surface area contributed by atoms with Gasteiger partial charge in [-0.2, -0.15) is 0 Å². The van der Waals surface area contributed by atoms with Crippen LogP contribution in [0.25, 0.3) is 20.8 Å². The third-order valence-corrected chi connectivity index (χ3v) is 3.63. The average molecular weight is 223 g/mol. The molecule has 0 aliphatic rings. The molecule has 0 saturated carbocycles. The van der Waals surface area contributed by atoms with Gasteiger partial charge in [-0.25, -0.2) is 4.98 Å². The van der Waals surface area contributed by atoms with Crippen molar-refractivity contribution in [2.24, 2.45) is 0 Å². The van der Waals surface area contributed by atoms with Gasteiger partial charge in [-0.05, 0) is 12.1 Å². The van der Waals surface area contributed by atoms with Gasteiger partial charge >= 0.3 is 0 Å². The van der Waals surface area contributed by atoms with Crippen molar-refractivity contribution < 1.29 is 0 Å². The van der Waals surface area contributed by atoms with Gasteiger partial charge in [0, 0.05) is 5.56 Å². The van der Waals surface area contributed by atoms with Crippen molar-refractivity contribution in [1.82, 2.24) is 4.98 Å². The molecular formula is C13H10BNS.